The number of halogens is 2. The van der Waals surface area contributed by atoms with E-state index in [1.165, 1.54) is 23.5 Å². The normalized spacial score (nSPS) is 15.8. The molecule has 2 heterocycles. The summed E-state index contributed by atoms with van der Waals surface area (Å²) < 4.78 is 38.5. The van der Waals surface area contributed by atoms with Crippen LogP contribution in [0.5, 0.6) is 5.75 Å². The van der Waals surface area contributed by atoms with Gasteiger partial charge in [-0.1, -0.05) is 29.3 Å². The van der Waals surface area contributed by atoms with Gasteiger partial charge in [-0.3, -0.25) is 4.90 Å². The third-order valence-corrected chi connectivity index (χ3v) is 7.86. The van der Waals surface area contributed by atoms with Crippen LogP contribution in [0.1, 0.15) is 11.5 Å². The van der Waals surface area contributed by atoms with E-state index >= 15 is 0 Å². The van der Waals surface area contributed by atoms with Gasteiger partial charge in [0, 0.05) is 43.3 Å². The van der Waals surface area contributed by atoms with Crippen LogP contribution in [-0.4, -0.2) is 55.9 Å². The van der Waals surface area contributed by atoms with Crippen molar-refractivity contribution in [1.29, 1.82) is 0 Å². The van der Waals surface area contributed by atoms with E-state index in [2.05, 4.69) is 9.88 Å². The van der Waals surface area contributed by atoms with E-state index in [0.29, 0.717) is 49.4 Å². The number of rotatable bonds is 6. The van der Waals surface area contributed by atoms with E-state index in [1.807, 2.05) is 25.1 Å². The lowest BCUT2D eigenvalue weighted by Crippen LogP contribution is -2.48. The van der Waals surface area contributed by atoms with Gasteiger partial charge in [-0.25, -0.2) is 13.4 Å². The average Bonchev–Trinajstić information content (AvgIpc) is 3.14. The van der Waals surface area contributed by atoms with E-state index in [9.17, 15) is 8.42 Å². The number of piperazine rings is 1. The van der Waals surface area contributed by atoms with Crippen LogP contribution >= 0.6 is 23.2 Å². The zero-order chi connectivity index (χ0) is 22.9. The largest absolute Gasteiger partial charge is 0.495 e. The number of hydrogen-bond donors (Lipinski definition) is 0. The molecule has 1 saturated heterocycles. The molecule has 170 valence electrons. The van der Waals surface area contributed by atoms with Crippen LogP contribution in [0.25, 0.3) is 11.5 Å². The van der Waals surface area contributed by atoms with Gasteiger partial charge >= 0.3 is 0 Å². The van der Waals surface area contributed by atoms with Crippen LogP contribution in [0.3, 0.4) is 0 Å². The Morgan fingerprint density at radius 2 is 1.84 bits per heavy atom. The van der Waals surface area contributed by atoms with Gasteiger partial charge in [0.1, 0.15) is 11.5 Å². The summed E-state index contributed by atoms with van der Waals surface area (Å²) in [6.45, 7) is 4.39. The maximum atomic E-state index is 13.0. The van der Waals surface area contributed by atoms with Crippen LogP contribution in [-0.2, 0) is 16.6 Å². The number of nitrogens with zero attached hydrogens (tertiary/aromatic N) is 3. The highest BCUT2D eigenvalue weighted by atomic mass is 35.5. The second-order valence-corrected chi connectivity index (χ2v) is 10.3. The summed E-state index contributed by atoms with van der Waals surface area (Å²) in [5, 5.41) is 0.889. The number of hydrogen-bond acceptors (Lipinski definition) is 6. The molecule has 0 N–H and O–H groups in total. The molecule has 2 aromatic carbocycles. The zero-order valence-electron chi connectivity index (χ0n) is 17.7. The van der Waals surface area contributed by atoms with Gasteiger partial charge in [0.2, 0.25) is 15.9 Å². The minimum absolute atomic E-state index is 0.162. The molecule has 4 rings (SSSR count). The molecule has 0 amide bonds. The average molecular weight is 496 g/mol. The van der Waals surface area contributed by atoms with Gasteiger partial charge < -0.3 is 9.15 Å². The summed E-state index contributed by atoms with van der Waals surface area (Å²) in [5.74, 6) is 1.70. The standard InChI is InChI=1S/C22H23Cl2N3O4S/c1-15-20(25-22(31-15)16-4-3-5-17(23)12-16)14-26-8-10-27(11-9-26)32(28,29)18-6-7-21(30-2)19(24)13-18/h3-7,12-13H,8-11,14H2,1-2H3. The van der Waals surface area contributed by atoms with Gasteiger partial charge in [-0.15, -0.1) is 0 Å². The first kappa shape index (κ1) is 23.1. The Labute approximate surface area is 197 Å². The molecular formula is C22H23Cl2N3O4S. The van der Waals surface area contributed by atoms with E-state index in [0.717, 1.165) is 17.0 Å². The predicted molar refractivity (Wildman–Crippen MR) is 124 cm³/mol. The Kier molecular flexibility index (Phi) is 6.78. The summed E-state index contributed by atoms with van der Waals surface area (Å²) >= 11 is 12.2. The molecule has 0 unspecified atom stereocenters. The second kappa shape index (κ2) is 9.41. The lowest BCUT2D eigenvalue weighted by atomic mass is 10.2. The van der Waals surface area contributed by atoms with E-state index < -0.39 is 10.0 Å². The highest BCUT2D eigenvalue weighted by Crippen LogP contribution is 2.29. The van der Waals surface area contributed by atoms with Crippen molar-refractivity contribution in [3.63, 3.8) is 0 Å². The minimum Gasteiger partial charge on any atom is -0.495 e. The topological polar surface area (TPSA) is 75.9 Å². The van der Waals surface area contributed by atoms with Crippen molar-refractivity contribution in [1.82, 2.24) is 14.2 Å². The molecule has 3 aromatic rings. The molecule has 0 saturated carbocycles. The number of aryl methyl sites for hydroxylation is 1. The van der Waals surface area contributed by atoms with Crippen LogP contribution in [0.15, 0.2) is 51.8 Å². The Balaban J connectivity index is 1.42. The summed E-state index contributed by atoms with van der Waals surface area (Å²) in [7, 11) is -2.14. The number of oxazole rings is 1. The number of sulfonamides is 1. The molecule has 1 aliphatic heterocycles. The molecule has 0 radical (unpaired) electrons. The monoisotopic (exact) mass is 495 g/mol. The van der Waals surface area contributed by atoms with E-state index in [4.69, 9.17) is 32.4 Å². The van der Waals surface area contributed by atoms with Crippen LogP contribution in [0, 0.1) is 6.92 Å². The van der Waals surface area contributed by atoms with Crippen molar-refractivity contribution < 1.29 is 17.6 Å². The Bertz CT molecular complexity index is 1220. The van der Waals surface area contributed by atoms with Crippen LogP contribution < -0.4 is 4.74 Å². The summed E-state index contributed by atoms with van der Waals surface area (Å²) in [6, 6.07) is 11.9. The summed E-state index contributed by atoms with van der Waals surface area (Å²) in [4.78, 5) is 6.96. The molecule has 0 spiro atoms. The van der Waals surface area contributed by atoms with Gasteiger partial charge in [-0.2, -0.15) is 4.31 Å². The second-order valence-electron chi connectivity index (χ2n) is 7.51. The third kappa shape index (κ3) is 4.79. The van der Waals surface area contributed by atoms with Crippen molar-refractivity contribution in [3.05, 3.63) is 64.0 Å². The summed E-state index contributed by atoms with van der Waals surface area (Å²) in [6.07, 6.45) is 0. The van der Waals surface area contributed by atoms with Crippen molar-refractivity contribution in [2.24, 2.45) is 0 Å². The first-order valence-corrected chi connectivity index (χ1v) is 12.3. The molecule has 0 bridgehead atoms. The van der Waals surface area contributed by atoms with Crippen molar-refractivity contribution in [3.8, 4) is 17.2 Å². The van der Waals surface area contributed by atoms with Gasteiger partial charge in [0.15, 0.2) is 0 Å². The lowest BCUT2D eigenvalue weighted by molar-refractivity contribution is 0.179. The van der Waals surface area contributed by atoms with Crippen molar-refractivity contribution in [2.75, 3.05) is 33.3 Å². The first-order valence-electron chi connectivity index (χ1n) is 10.1. The fourth-order valence-electron chi connectivity index (χ4n) is 3.62. The number of aromatic nitrogens is 1. The quantitative estimate of drug-likeness (QED) is 0.501. The molecule has 32 heavy (non-hydrogen) atoms. The molecule has 1 fully saturated rings. The molecule has 0 atom stereocenters. The first-order chi connectivity index (χ1) is 15.3. The Morgan fingerprint density at radius 3 is 2.50 bits per heavy atom. The molecule has 1 aliphatic rings. The van der Waals surface area contributed by atoms with Crippen molar-refractivity contribution >= 4 is 33.2 Å². The van der Waals surface area contributed by atoms with E-state index in [-0.39, 0.29) is 9.92 Å². The molecule has 10 heteroatoms. The maximum Gasteiger partial charge on any atom is 0.243 e. The highest BCUT2D eigenvalue weighted by molar-refractivity contribution is 7.89. The van der Waals surface area contributed by atoms with Crippen molar-refractivity contribution in [2.45, 2.75) is 18.4 Å². The molecule has 1 aromatic heterocycles. The lowest BCUT2D eigenvalue weighted by Gasteiger charge is -2.33. The van der Waals surface area contributed by atoms with Gasteiger partial charge in [0.25, 0.3) is 0 Å². The van der Waals surface area contributed by atoms with Gasteiger partial charge in [-0.05, 0) is 43.3 Å². The minimum atomic E-state index is -3.63. The van der Waals surface area contributed by atoms with Crippen LogP contribution in [0.4, 0.5) is 0 Å². The van der Waals surface area contributed by atoms with Gasteiger partial charge in [0.05, 0.1) is 22.7 Å². The third-order valence-electron chi connectivity index (χ3n) is 5.43. The molecule has 7 nitrogen and oxygen atoms in total. The Hall–Kier alpha value is -2.10. The maximum absolute atomic E-state index is 13.0. The fraction of sp³-hybridized carbons (Fsp3) is 0.318. The van der Waals surface area contributed by atoms with Crippen LogP contribution in [0.2, 0.25) is 10.0 Å². The molecular weight excluding hydrogens is 473 g/mol. The zero-order valence-corrected chi connectivity index (χ0v) is 20.0. The number of methoxy groups -OCH3 is 1. The number of benzene rings is 2. The fourth-order valence-corrected chi connectivity index (χ4v) is 5.58. The van der Waals surface area contributed by atoms with E-state index in [1.54, 1.807) is 12.1 Å². The smallest absolute Gasteiger partial charge is 0.243 e. The molecule has 0 aliphatic carbocycles. The Morgan fingerprint density at radius 1 is 1.09 bits per heavy atom. The SMILES string of the molecule is COc1ccc(S(=O)(=O)N2CCN(Cc3nc(-c4cccc(Cl)c4)oc3C)CC2)cc1Cl. The highest BCUT2D eigenvalue weighted by Gasteiger charge is 2.29. The summed E-state index contributed by atoms with van der Waals surface area (Å²) in [5.41, 5.74) is 1.65. The predicted octanol–water partition coefficient (Wildman–Crippen LogP) is 4.47. The number of ether oxygens (including phenoxy) is 1.